The van der Waals surface area contributed by atoms with Crippen molar-refractivity contribution in [3.8, 4) is 0 Å². The zero-order valence-corrected chi connectivity index (χ0v) is 9.81. The number of hydrogen-bond donors (Lipinski definition) is 2. The van der Waals surface area contributed by atoms with Crippen LogP contribution in [0, 0.1) is 6.92 Å². The Kier molecular flexibility index (Phi) is 3.41. The van der Waals surface area contributed by atoms with Gasteiger partial charge in [-0.25, -0.2) is 0 Å². The normalized spacial score (nSPS) is 28.6. The molecule has 0 radical (unpaired) electrons. The highest BCUT2D eigenvalue weighted by Gasteiger charge is 2.39. The molecule has 0 amide bonds. The third-order valence-corrected chi connectivity index (χ3v) is 2.98. The molecule has 4 nitrogen and oxygen atoms in total. The minimum atomic E-state index is 0.185. The van der Waals surface area contributed by atoms with Crippen molar-refractivity contribution < 1.29 is 4.74 Å². The van der Waals surface area contributed by atoms with Gasteiger partial charge in [0, 0.05) is 30.2 Å². The van der Waals surface area contributed by atoms with E-state index >= 15 is 0 Å². The molecule has 3 N–H and O–H groups in total. The van der Waals surface area contributed by atoms with Crippen LogP contribution in [-0.4, -0.2) is 29.8 Å². The Balaban J connectivity index is 1.98. The van der Waals surface area contributed by atoms with Gasteiger partial charge in [0.25, 0.3) is 0 Å². The van der Waals surface area contributed by atoms with Gasteiger partial charge in [-0.1, -0.05) is 0 Å². The van der Waals surface area contributed by atoms with E-state index in [1.807, 2.05) is 26.0 Å². The number of ether oxygens (including phenoxy) is 1. The van der Waals surface area contributed by atoms with Crippen LogP contribution in [0.3, 0.4) is 0 Å². The molecule has 0 spiro atoms. The molecule has 1 aromatic rings. The SMILES string of the molecule is CCOC1CC(N)C1Nc1ccnc(C)c1. The molecule has 1 aliphatic carbocycles. The average Bonchev–Trinajstić information content (AvgIpc) is 2.26. The van der Waals surface area contributed by atoms with E-state index < -0.39 is 0 Å². The van der Waals surface area contributed by atoms with E-state index in [-0.39, 0.29) is 18.2 Å². The van der Waals surface area contributed by atoms with Crippen LogP contribution in [0.1, 0.15) is 19.0 Å². The number of hydrogen-bond acceptors (Lipinski definition) is 4. The molecular weight excluding hydrogens is 202 g/mol. The summed E-state index contributed by atoms with van der Waals surface area (Å²) in [5.41, 5.74) is 8.04. The molecule has 2 rings (SSSR count). The Bertz CT molecular complexity index is 354. The van der Waals surface area contributed by atoms with E-state index in [1.54, 1.807) is 6.20 Å². The summed E-state index contributed by atoms with van der Waals surface area (Å²) in [5.74, 6) is 0. The summed E-state index contributed by atoms with van der Waals surface area (Å²) in [7, 11) is 0. The Morgan fingerprint density at radius 1 is 1.62 bits per heavy atom. The second-order valence-corrected chi connectivity index (χ2v) is 4.25. The molecule has 3 unspecified atom stereocenters. The zero-order valence-electron chi connectivity index (χ0n) is 9.81. The van der Waals surface area contributed by atoms with Crippen LogP contribution >= 0.6 is 0 Å². The van der Waals surface area contributed by atoms with E-state index in [9.17, 15) is 0 Å². The van der Waals surface area contributed by atoms with Crippen molar-refractivity contribution in [2.75, 3.05) is 11.9 Å². The second kappa shape index (κ2) is 4.80. The molecule has 3 atom stereocenters. The predicted molar refractivity (Wildman–Crippen MR) is 64.4 cm³/mol. The molecule has 0 aromatic carbocycles. The average molecular weight is 221 g/mol. The fourth-order valence-electron chi connectivity index (χ4n) is 2.05. The predicted octanol–water partition coefficient (Wildman–Crippen LogP) is 1.31. The second-order valence-electron chi connectivity index (χ2n) is 4.25. The van der Waals surface area contributed by atoms with Crippen LogP contribution < -0.4 is 11.1 Å². The van der Waals surface area contributed by atoms with Crippen molar-refractivity contribution in [2.45, 2.75) is 38.5 Å². The highest BCUT2D eigenvalue weighted by atomic mass is 16.5. The topological polar surface area (TPSA) is 60.2 Å². The molecule has 1 saturated carbocycles. The number of nitrogens with one attached hydrogen (secondary N) is 1. The fraction of sp³-hybridized carbons (Fsp3) is 0.583. The summed E-state index contributed by atoms with van der Waals surface area (Å²) in [6.07, 6.45) is 2.99. The summed E-state index contributed by atoms with van der Waals surface area (Å²) in [6.45, 7) is 4.73. The van der Waals surface area contributed by atoms with Crippen molar-refractivity contribution >= 4 is 5.69 Å². The maximum Gasteiger partial charge on any atom is 0.0806 e. The molecule has 1 heterocycles. The molecule has 88 valence electrons. The molecule has 0 aliphatic heterocycles. The first-order chi connectivity index (χ1) is 7.70. The third-order valence-electron chi connectivity index (χ3n) is 2.98. The minimum Gasteiger partial charge on any atom is -0.378 e. The Morgan fingerprint density at radius 2 is 2.44 bits per heavy atom. The maximum absolute atomic E-state index is 5.97. The number of aromatic nitrogens is 1. The van der Waals surface area contributed by atoms with Gasteiger partial charge in [0.15, 0.2) is 0 Å². The van der Waals surface area contributed by atoms with Crippen molar-refractivity contribution in [3.63, 3.8) is 0 Å². The summed E-state index contributed by atoms with van der Waals surface area (Å²) < 4.78 is 5.61. The van der Waals surface area contributed by atoms with Crippen LogP contribution in [0.25, 0.3) is 0 Å². The van der Waals surface area contributed by atoms with Gasteiger partial charge < -0.3 is 15.8 Å². The molecule has 1 aromatic heterocycles. The quantitative estimate of drug-likeness (QED) is 0.804. The number of nitrogens with zero attached hydrogens (tertiary/aromatic N) is 1. The molecule has 0 saturated heterocycles. The summed E-state index contributed by atoms with van der Waals surface area (Å²) in [4.78, 5) is 4.16. The lowest BCUT2D eigenvalue weighted by Crippen LogP contribution is -2.60. The largest absolute Gasteiger partial charge is 0.378 e. The fourth-order valence-corrected chi connectivity index (χ4v) is 2.05. The first-order valence-electron chi connectivity index (χ1n) is 5.77. The molecular formula is C12H19N3O. The van der Waals surface area contributed by atoms with Gasteiger partial charge in [-0.2, -0.15) is 0 Å². The van der Waals surface area contributed by atoms with Gasteiger partial charge in [-0.05, 0) is 32.4 Å². The Hall–Kier alpha value is -1.13. The van der Waals surface area contributed by atoms with E-state index in [2.05, 4.69) is 10.3 Å². The smallest absolute Gasteiger partial charge is 0.0806 e. The molecule has 0 bridgehead atoms. The first kappa shape index (κ1) is 11.4. The number of nitrogens with two attached hydrogens (primary N) is 1. The third kappa shape index (κ3) is 2.33. The standard InChI is InChI=1S/C12H19N3O/c1-3-16-11-7-10(13)12(11)15-9-4-5-14-8(2)6-9/h4-6,10-12H,3,7,13H2,1-2H3,(H,14,15). The van der Waals surface area contributed by atoms with Gasteiger partial charge >= 0.3 is 0 Å². The van der Waals surface area contributed by atoms with Gasteiger partial charge in [-0.15, -0.1) is 0 Å². The van der Waals surface area contributed by atoms with Gasteiger partial charge in [0.1, 0.15) is 0 Å². The molecule has 1 aliphatic rings. The van der Waals surface area contributed by atoms with E-state index in [0.717, 1.165) is 24.4 Å². The highest BCUT2D eigenvalue weighted by Crippen LogP contribution is 2.26. The van der Waals surface area contributed by atoms with Crippen molar-refractivity contribution in [1.29, 1.82) is 0 Å². The van der Waals surface area contributed by atoms with Crippen molar-refractivity contribution in [1.82, 2.24) is 4.98 Å². The lowest BCUT2D eigenvalue weighted by Gasteiger charge is -2.43. The number of aryl methyl sites for hydroxylation is 1. The number of anilines is 1. The molecule has 16 heavy (non-hydrogen) atoms. The number of rotatable bonds is 4. The van der Waals surface area contributed by atoms with Gasteiger partial charge in [-0.3, -0.25) is 4.98 Å². The summed E-state index contributed by atoms with van der Waals surface area (Å²) >= 11 is 0. The van der Waals surface area contributed by atoms with Gasteiger partial charge in [0.2, 0.25) is 0 Å². The highest BCUT2D eigenvalue weighted by molar-refractivity contribution is 5.45. The summed E-state index contributed by atoms with van der Waals surface area (Å²) in [5, 5.41) is 3.41. The van der Waals surface area contributed by atoms with Crippen LogP contribution in [-0.2, 0) is 4.74 Å². The van der Waals surface area contributed by atoms with Crippen molar-refractivity contribution in [3.05, 3.63) is 24.0 Å². The van der Waals surface area contributed by atoms with E-state index in [0.29, 0.717) is 0 Å². The zero-order chi connectivity index (χ0) is 11.5. The monoisotopic (exact) mass is 221 g/mol. The first-order valence-corrected chi connectivity index (χ1v) is 5.77. The Labute approximate surface area is 96.2 Å². The van der Waals surface area contributed by atoms with Crippen LogP contribution in [0.2, 0.25) is 0 Å². The van der Waals surface area contributed by atoms with E-state index in [4.69, 9.17) is 10.5 Å². The van der Waals surface area contributed by atoms with E-state index in [1.165, 1.54) is 0 Å². The maximum atomic E-state index is 5.97. The Morgan fingerprint density at radius 3 is 3.06 bits per heavy atom. The van der Waals surface area contributed by atoms with Gasteiger partial charge in [0.05, 0.1) is 12.1 Å². The molecule has 1 fully saturated rings. The molecule has 4 heteroatoms. The minimum absolute atomic E-state index is 0.185. The van der Waals surface area contributed by atoms with Crippen LogP contribution in [0.15, 0.2) is 18.3 Å². The lowest BCUT2D eigenvalue weighted by molar-refractivity contribution is -0.0126. The van der Waals surface area contributed by atoms with Crippen LogP contribution in [0.4, 0.5) is 5.69 Å². The lowest BCUT2D eigenvalue weighted by atomic mass is 9.83. The number of pyridine rings is 1. The van der Waals surface area contributed by atoms with Crippen LogP contribution in [0.5, 0.6) is 0 Å². The summed E-state index contributed by atoms with van der Waals surface area (Å²) in [6, 6.07) is 4.39. The van der Waals surface area contributed by atoms with Crippen molar-refractivity contribution in [2.24, 2.45) is 5.73 Å².